The summed E-state index contributed by atoms with van der Waals surface area (Å²) in [5.74, 6) is 0.726. The van der Waals surface area contributed by atoms with E-state index in [4.69, 9.17) is 5.73 Å². The van der Waals surface area contributed by atoms with Crippen molar-refractivity contribution < 1.29 is 0 Å². The summed E-state index contributed by atoms with van der Waals surface area (Å²) in [7, 11) is 0. The highest BCUT2D eigenvalue weighted by atomic mass is 32.2. The van der Waals surface area contributed by atoms with Crippen molar-refractivity contribution in [2.75, 3.05) is 0 Å². The standard InChI is InChI=1S/C13H29NS/c1-8-11(14)12(13(5,6)7)15-10(4)9(2)3/h9-12H,8,14H2,1-7H3. The normalized spacial score (nSPS) is 19.0. The first kappa shape index (κ1) is 15.3. The zero-order chi connectivity index (χ0) is 12.2. The number of hydrogen-bond donors (Lipinski definition) is 1. The Balaban J connectivity index is 4.52. The monoisotopic (exact) mass is 231 g/mol. The molecule has 0 radical (unpaired) electrons. The Bertz CT molecular complexity index is 172. The molecule has 1 nitrogen and oxygen atoms in total. The van der Waals surface area contributed by atoms with Crippen LogP contribution in [0.4, 0.5) is 0 Å². The average molecular weight is 231 g/mol. The number of rotatable bonds is 5. The van der Waals surface area contributed by atoms with Crippen molar-refractivity contribution in [2.24, 2.45) is 17.1 Å². The minimum atomic E-state index is 0.295. The van der Waals surface area contributed by atoms with Gasteiger partial charge in [-0.1, -0.05) is 48.5 Å². The van der Waals surface area contributed by atoms with Gasteiger partial charge < -0.3 is 5.73 Å². The molecule has 0 spiro atoms. The summed E-state index contributed by atoms with van der Waals surface area (Å²) in [6, 6.07) is 0.316. The summed E-state index contributed by atoms with van der Waals surface area (Å²) >= 11 is 2.07. The highest BCUT2D eigenvalue weighted by Crippen LogP contribution is 2.37. The smallest absolute Gasteiger partial charge is 0.0250 e. The third kappa shape index (κ3) is 5.26. The van der Waals surface area contributed by atoms with Crippen LogP contribution in [0.25, 0.3) is 0 Å². The second kappa shape index (κ2) is 6.15. The summed E-state index contributed by atoms with van der Waals surface area (Å²) in [6.07, 6.45) is 1.07. The summed E-state index contributed by atoms with van der Waals surface area (Å²) in [5.41, 5.74) is 6.53. The van der Waals surface area contributed by atoms with Crippen LogP contribution in [0, 0.1) is 11.3 Å². The fraction of sp³-hybridized carbons (Fsp3) is 1.00. The summed E-state index contributed by atoms with van der Waals surface area (Å²) in [4.78, 5) is 0. The van der Waals surface area contributed by atoms with Crippen LogP contribution < -0.4 is 5.73 Å². The number of hydrogen-bond acceptors (Lipinski definition) is 2. The van der Waals surface area contributed by atoms with Gasteiger partial charge in [-0.25, -0.2) is 0 Å². The molecule has 0 fully saturated rings. The van der Waals surface area contributed by atoms with E-state index in [1.54, 1.807) is 0 Å². The van der Waals surface area contributed by atoms with Gasteiger partial charge in [-0.15, -0.1) is 0 Å². The van der Waals surface area contributed by atoms with Gasteiger partial charge in [0, 0.05) is 16.5 Å². The van der Waals surface area contributed by atoms with Gasteiger partial charge >= 0.3 is 0 Å². The largest absolute Gasteiger partial charge is 0.327 e. The minimum absolute atomic E-state index is 0.295. The molecule has 0 aromatic heterocycles. The molecule has 0 amide bonds. The summed E-state index contributed by atoms with van der Waals surface area (Å²) in [5, 5.41) is 1.24. The number of nitrogens with two attached hydrogens (primary N) is 1. The molecule has 0 saturated carbocycles. The molecule has 0 aliphatic rings. The lowest BCUT2D eigenvalue weighted by Crippen LogP contribution is -2.42. The molecule has 0 aliphatic heterocycles. The van der Waals surface area contributed by atoms with Gasteiger partial charge in [-0.05, 0) is 17.8 Å². The highest BCUT2D eigenvalue weighted by molar-refractivity contribution is 8.00. The molecular weight excluding hydrogens is 202 g/mol. The lowest BCUT2D eigenvalue weighted by atomic mass is 9.87. The molecule has 3 atom stereocenters. The van der Waals surface area contributed by atoms with Crippen LogP contribution in [0.2, 0.25) is 0 Å². The first-order valence-electron chi connectivity index (χ1n) is 6.11. The molecule has 0 aromatic carbocycles. The van der Waals surface area contributed by atoms with Gasteiger partial charge in [0.25, 0.3) is 0 Å². The van der Waals surface area contributed by atoms with Gasteiger partial charge in [0.1, 0.15) is 0 Å². The van der Waals surface area contributed by atoms with E-state index < -0.39 is 0 Å². The fourth-order valence-electron chi connectivity index (χ4n) is 1.55. The Morgan fingerprint density at radius 1 is 1.13 bits per heavy atom. The number of thioether (sulfide) groups is 1. The van der Waals surface area contributed by atoms with Crippen LogP contribution >= 0.6 is 11.8 Å². The SMILES string of the molecule is CCC(N)C(SC(C)C(C)C)C(C)(C)C. The van der Waals surface area contributed by atoms with E-state index in [2.05, 4.69) is 60.2 Å². The maximum atomic E-state index is 6.23. The second-order valence-electron chi connectivity index (χ2n) is 5.94. The van der Waals surface area contributed by atoms with Gasteiger partial charge in [0.15, 0.2) is 0 Å². The third-order valence-corrected chi connectivity index (χ3v) is 5.34. The van der Waals surface area contributed by atoms with E-state index >= 15 is 0 Å². The molecule has 92 valence electrons. The predicted molar refractivity (Wildman–Crippen MR) is 73.4 cm³/mol. The van der Waals surface area contributed by atoms with E-state index in [9.17, 15) is 0 Å². The third-order valence-electron chi connectivity index (χ3n) is 3.01. The lowest BCUT2D eigenvalue weighted by molar-refractivity contribution is 0.348. The maximum Gasteiger partial charge on any atom is 0.0250 e. The van der Waals surface area contributed by atoms with Crippen molar-refractivity contribution in [1.82, 2.24) is 0 Å². The molecule has 0 bridgehead atoms. The van der Waals surface area contributed by atoms with Crippen molar-refractivity contribution in [3.8, 4) is 0 Å². The topological polar surface area (TPSA) is 26.0 Å². The Kier molecular flexibility index (Phi) is 6.27. The fourth-order valence-corrected chi connectivity index (χ4v) is 3.13. The molecule has 0 heterocycles. The van der Waals surface area contributed by atoms with Crippen molar-refractivity contribution in [3.05, 3.63) is 0 Å². The van der Waals surface area contributed by atoms with E-state index in [1.807, 2.05) is 0 Å². The zero-order valence-corrected chi connectivity index (χ0v) is 12.3. The van der Waals surface area contributed by atoms with Crippen LogP contribution in [0.5, 0.6) is 0 Å². The van der Waals surface area contributed by atoms with Gasteiger partial charge in [-0.2, -0.15) is 11.8 Å². The Labute approximate surface area is 101 Å². The molecule has 3 unspecified atom stereocenters. The van der Waals surface area contributed by atoms with Crippen molar-refractivity contribution in [3.63, 3.8) is 0 Å². The van der Waals surface area contributed by atoms with Gasteiger partial charge in [-0.3, -0.25) is 0 Å². The Hall–Kier alpha value is 0.310. The van der Waals surface area contributed by atoms with E-state index in [1.165, 1.54) is 0 Å². The summed E-state index contributed by atoms with van der Waals surface area (Å²) in [6.45, 7) is 16.0. The first-order chi connectivity index (χ1) is 6.70. The quantitative estimate of drug-likeness (QED) is 0.776. The van der Waals surface area contributed by atoms with Crippen molar-refractivity contribution in [1.29, 1.82) is 0 Å². The van der Waals surface area contributed by atoms with E-state index in [0.29, 0.717) is 22.0 Å². The van der Waals surface area contributed by atoms with Crippen LogP contribution in [0.15, 0.2) is 0 Å². The van der Waals surface area contributed by atoms with Crippen LogP contribution in [-0.4, -0.2) is 16.5 Å². The molecule has 15 heavy (non-hydrogen) atoms. The van der Waals surface area contributed by atoms with E-state index in [0.717, 1.165) is 12.3 Å². The molecule has 0 saturated heterocycles. The first-order valence-corrected chi connectivity index (χ1v) is 7.05. The van der Waals surface area contributed by atoms with E-state index in [-0.39, 0.29) is 0 Å². The Morgan fingerprint density at radius 2 is 1.60 bits per heavy atom. The van der Waals surface area contributed by atoms with Crippen LogP contribution in [-0.2, 0) is 0 Å². The minimum Gasteiger partial charge on any atom is -0.327 e. The molecule has 2 heteroatoms. The summed E-state index contributed by atoms with van der Waals surface area (Å²) < 4.78 is 0. The molecular formula is C13H29NS. The van der Waals surface area contributed by atoms with Gasteiger partial charge in [0.2, 0.25) is 0 Å². The van der Waals surface area contributed by atoms with Crippen molar-refractivity contribution in [2.45, 2.75) is 71.4 Å². The average Bonchev–Trinajstić information content (AvgIpc) is 2.10. The predicted octanol–water partition coefficient (Wildman–Crippen LogP) is 3.92. The zero-order valence-electron chi connectivity index (χ0n) is 11.5. The van der Waals surface area contributed by atoms with Crippen molar-refractivity contribution >= 4 is 11.8 Å². The molecule has 0 aromatic rings. The van der Waals surface area contributed by atoms with Gasteiger partial charge in [0.05, 0.1) is 0 Å². The molecule has 2 N–H and O–H groups in total. The second-order valence-corrected chi connectivity index (χ2v) is 7.47. The Morgan fingerprint density at radius 3 is 1.87 bits per heavy atom. The molecule has 0 rings (SSSR count). The van der Waals surface area contributed by atoms with Crippen LogP contribution in [0.1, 0.15) is 54.9 Å². The lowest BCUT2D eigenvalue weighted by Gasteiger charge is -2.37. The van der Waals surface area contributed by atoms with Crippen LogP contribution in [0.3, 0.4) is 0 Å². The molecule has 0 aliphatic carbocycles. The highest BCUT2D eigenvalue weighted by Gasteiger charge is 2.31. The maximum absolute atomic E-state index is 6.23.